The molecule has 0 saturated heterocycles. The number of aliphatic hydroxyl groups is 1. The number of fused-ring (bicyclic) bond motifs is 3. The van der Waals surface area contributed by atoms with E-state index in [9.17, 15) is 22.5 Å². The third-order valence-electron chi connectivity index (χ3n) is 25.9. The summed E-state index contributed by atoms with van der Waals surface area (Å²) in [6.45, 7) is 29.9. The summed E-state index contributed by atoms with van der Waals surface area (Å²) in [6, 6.07) is 28.4. The van der Waals surface area contributed by atoms with Crippen LogP contribution in [0.3, 0.4) is 0 Å². The van der Waals surface area contributed by atoms with Crippen LogP contribution in [0.4, 0.5) is 0 Å². The number of carbonyl (C=O) groups is 1. The fourth-order valence-corrected chi connectivity index (χ4v) is 24.8. The first kappa shape index (κ1) is 76.7. The average molecular weight is 1360 g/mol. The summed E-state index contributed by atoms with van der Waals surface area (Å²) >= 11 is 0. The number of carbonyl (C=O) groups excluding carboxylic acids is 1. The van der Waals surface area contributed by atoms with Crippen molar-refractivity contribution in [2.24, 2.45) is 81.3 Å². The second-order valence-electron chi connectivity index (χ2n) is 32.4. The zero-order valence-electron chi connectivity index (χ0n) is 60.7. The van der Waals surface area contributed by atoms with Crippen molar-refractivity contribution in [2.45, 2.75) is 263 Å². The number of hydrogen-bond donors (Lipinski definition) is 3. The Hall–Kier alpha value is -4.09. The molecule has 11 rings (SSSR count). The maximum atomic E-state index is 12.9. The molecular formula is C85H134N2O5S3. The zero-order valence-corrected chi connectivity index (χ0v) is 63.1. The number of Topliss-reactive ketones (excluding diaryl/α,β-unsaturated/α-hetero) is 1. The molecule has 8 saturated carbocycles. The van der Waals surface area contributed by atoms with Gasteiger partial charge in [-0.05, 0) is 299 Å². The molecule has 532 valence electrons. The summed E-state index contributed by atoms with van der Waals surface area (Å²) < 4.78 is 55.1. The highest BCUT2D eigenvalue weighted by Crippen LogP contribution is 2.62. The molecule has 0 spiro atoms. The highest BCUT2D eigenvalue weighted by Gasteiger charge is 2.54. The van der Waals surface area contributed by atoms with Crippen LogP contribution in [-0.2, 0) is 33.8 Å². The predicted molar refractivity (Wildman–Crippen MR) is 412 cm³/mol. The fraction of sp³-hybridized carbons (Fsp3) is 0.647. The lowest BCUT2D eigenvalue weighted by Crippen LogP contribution is -2.39. The van der Waals surface area contributed by atoms with E-state index in [0.717, 1.165) is 124 Å². The molecule has 10 heteroatoms. The Morgan fingerprint density at radius 2 is 1.02 bits per heavy atom. The molecule has 8 aliphatic rings. The lowest BCUT2D eigenvalue weighted by molar-refractivity contribution is -0.130. The van der Waals surface area contributed by atoms with Gasteiger partial charge >= 0.3 is 0 Å². The van der Waals surface area contributed by atoms with E-state index < -0.39 is 29.0 Å². The molecule has 8 aliphatic carbocycles. The van der Waals surface area contributed by atoms with Crippen LogP contribution < -0.4 is 0 Å². The number of nitrogens with one attached hydrogen (secondary N) is 2. The van der Waals surface area contributed by atoms with Gasteiger partial charge in [0.05, 0.1) is 25.6 Å². The number of benzene rings is 3. The molecular weight excluding hydrogens is 1230 g/mol. The number of rotatable bonds is 20. The summed E-state index contributed by atoms with van der Waals surface area (Å²) in [5, 5.41) is 10.1. The minimum absolute atomic E-state index is 0. The number of aliphatic hydroxyl groups excluding tert-OH is 1. The first-order valence-corrected chi connectivity index (χ1v) is 43.2. The highest BCUT2D eigenvalue weighted by atomic mass is 32.2. The average Bonchev–Trinajstić information content (AvgIpc) is 1.61. The van der Waals surface area contributed by atoms with Crippen LogP contribution in [0.2, 0.25) is 0 Å². The van der Waals surface area contributed by atoms with Crippen molar-refractivity contribution in [1.82, 2.24) is 0 Å². The predicted octanol–water partition coefficient (Wildman–Crippen LogP) is 23.4. The van der Waals surface area contributed by atoms with E-state index in [4.69, 9.17) is 9.56 Å². The van der Waals surface area contributed by atoms with Gasteiger partial charge < -0.3 is 5.11 Å². The molecule has 0 radical (unpaired) electrons. The third kappa shape index (κ3) is 19.5. The topological polar surface area (TPSA) is 136 Å². The van der Waals surface area contributed by atoms with E-state index in [2.05, 4.69) is 99.6 Å². The van der Waals surface area contributed by atoms with Crippen molar-refractivity contribution in [1.29, 1.82) is 9.56 Å². The van der Waals surface area contributed by atoms with Crippen LogP contribution in [0.25, 0.3) is 0 Å². The molecule has 7 nitrogen and oxygen atoms in total. The first-order valence-electron chi connectivity index (χ1n) is 37.8. The summed E-state index contributed by atoms with van der Waals surface area (Å²) in [4.78, 5) is 14.5. The van der Waals surface area contributed by atoms with E-state index in [1.807, 2.05) is 78.9 Å². The molecule has 0 bridgehead atoms. The fourth-order valence-electron chi connectivity index (χ4n) is 20.5. The molecule has 0 amide bonds. The van der Waals surface area contributed by atoms with Crippen LogP contribution in [0.15, 0.2) is 165 Å². The van der Waals surface area contributed by atoms with Gasteiger partial charge in [-0.3, -0.25) is 9.00 Å². The van der Waals surface area contributed by atoms with E-state index in [1.54, 1.807) is 17.7 Å². The minimum Gasteiger partial charge on any atom is -0.393 e. The lowest BCUT2D eigenvalue weighted by atomic mass is 9.59. The van der Waals surface area contributed by atoms with Crippen molar-refractivity contribution in [3.05, 3.63) is 150 Å². The number of allylic oxidation sites excluding steroid dienone is 7. The largest absolute Gasteiger partial charge is 0.393 e. The van der Waals surface area contributed by atoms with Crippen LogP contribution in [0, 0.1) is 90.9 Å². The first-order chi connectivity index (χ1) is 45.1. The van der Waals surface area contributed by atoms with Crippen LogP contribution in [0.5, 0.6) is 0 Å². The van der Waals surface area contributed by atoms with Gasteiger partial charge in [0, 0.05) is 48.6 Å². The SMILES string of the molecule is C=C1CCC(C)C/C1=C/CC.C=C1CC[C@H](O)C/C1=C/C=C1\CCC[C@]2(C)C([C@H](C)CCCS(=N)(=O)c3ccccc3)CC[C@@H]12.C=S(=O)(CCC[C@@H](C)C1CC[C@H]2C(C)CCC[C@]12C)c1ccccc1.C[C@H](CCCS(=N)(=O)c1ccccc1)C1CC[C@H]2C(=O)CCC[C@]12C.[HH].[HH].[HH]. The van der Waals surface area contributed by atoms with Crippen LogP contribution in [0.1, 0.15) is 246 Å². The molecule has 0 aromatic heterocycles. The van der Waals surface area contributed by atoms with Crippen molar-refractivity contribution in [2.75, 3.05) is 17.3 Å². The van der Waals surface area contributed by atoms with E-state index in [1.165, 1.54) is 119 Å². The standard InChI is InChI=1S/C30H43NO2S.C23H36OS.C21H31NO2S.C11H18.3H2/c1-22-13-16-26(32)21-25(22)15-14-24-10-7-19-30(3)28(17-18-29(24)30)23(2)9-8-20-34(31,33)27-11-5-4-6-12-27;1-18-10-8-16-23(3)21(18)14-15-22(23)19(2)11-9-17-25(4,24)20-12-6-5-7-13-20;1-16(8-7-15-25(22,24)17-9-4-3-5-10-17)18-12-13-19-20(23)11-6-14-21(18,19)2;1-4-5-11-8-9(2)6-7-10(11)3;;;/h4-6,11-12,14-15,23,26,28-29,31-32H,1,7-10,13,16-21H2,2-3H3;5-7,12-13,18-19,21-22H,4,8-11,14-17H2,1-3H3;3-5,9-10,16,18-19,22H,6-8,11-15H2,1-2H3;5,9H,3-4,6-8H2,1-2H3;3*1H/b24-14+,25-15-;;;11-5-;;;/t23-,26+,28?,29+,30-,34?;18?,19-,21+,22?,23+,25?;16-,18?,19+,21-,25?;;;;/m111..../s1. The summed E-state index contributed by atoms with van der Waals surface area (Å²) in [5.74, 6) is 13.8. The molecule has 95 heavy (non-hydrogen) atoms. The Balaban J connectivity index is 0.000000246. The van der Waals surface area contributed by atoms with E-state index >= 15 is 0 Å². The maximum absolute atomic E-state index is 12.9. The van der Waals surface area contributed by atoms with Gasteiger partial charge in [0.25, 0.3) is 0 Å². The molecule has 8 unspecified atom stereocenters. The Labute approximate surface area is 585 Å². The molecule has 18 atom stereocenters. The van der Waals surface area contributed by atoms with Crippen molar-refractivity contribution in [3.8, 4) is 0 Å². The highest BCUT2D eigenvalue weighted by molar-refractivity contribution is 8.00. The molecule has 8 fully saturated rings. The molecule has 0 aliphatic heterocycles. The van der Waals surface area contributed by atoms with Gasteiger partial charge in [-0.25, -0.2) is 18.0 Å². The quantitative estimate of drug-likeness (QED) is 0.0968. The smallest absolute Gasteiger partial charge is 0.136 e. The van der Waals surface area contributed by atoms with Crippen LogP contribution >= 0.6 is 0 Å². The Bertz CT molecular complexity index is 3460. The summed E-state index contributed by atoms with van der Waals surface area (Å²) in [7, 11) is -7.50. The molecule has 0 heterocycles. The number of hydrogen-bond acceptors (Lipinski definition) is 7. The molecule has 3 aromatic carbocycles. The summed E-state index contributed by atoms with van der Waals surface area (Å²) in [5.41, 5.74) is 8.00. The zero-order chi connectivity index (χ0) is 68.8. The lowest BCUT2D eigenvalue weighted by Gasteiger charge is -2.46. The molecule has 3 N–H and O–H groups in total. The summed E-state index contributed by atoms with van der Waals surface area (Å²) in [6.07, 6.45) is 38.8. The monoisotopic (exact) mass is 1360 g/mol. The van der Waals surface area contributed by atoms with Gasteiger partial charge in [-0.15, -0.1) is 0 Å². The maximum Gasteiger partial charge on any atom is 0.136 e. The number of ketones is 1. The van der Waals surface area contributed by atoms with Crippen LogP contribution in [-0.4, -0.2) is 52.7 Å². The second-order valence-corrected chi connectivity index (χ2v) is 39.4. The Morgan fingerprint density at radius 3 is 1.58 bits per heavy atom. The van der Waals surface area contributed by atoms with Crippen molar-refractivity contribution >= 4 is 40.6 Å². The van der Waals surface area contributed by atoms with Crippen molar-refractivity contribution < 1.29 is 26.8 Å². The normalized spacial score (nSPS) is 33.9. The van der Waals surface area contributed by atoms with Crippen molar-refractivity contribution in [3.63, 3.8) is 0 Å². The van der Waals surface area contributed by atoms with Gasteiger partial charge in [0.2, 0.25) is 0 Å². The van der Waals surface area contributed by atoms with Gasteiger partial charge in [-0.1, -0.05) is 178 Å². The van der Waals surface area contributed by atoms with Gasteiger partial charge in [0.1, 0.15) is 5.78 Å². The minimum atomic E-state index is -2.69. The Morgan fingerprint density at radius 1 is 0.558 bits per heavy atom. The molecule has 3 aromatic rings. The Kier molecular flexibility index (Phi) is 27.7. The van der Waals surface area contributed by atoms with Gasteiger partial charge in [-0.2, -0.15) is 0 Å². The van der Waals surface area contributed by atoms with E-state index in [-0.39, 0.29) is 21.7 Å². The second kappa shape index (κ2) is 34.3. The third-order valence-corrected chi connectivity index (χ3v) is 31.8. The van der Waals surface area contributed by atoms with Gasteiger partial charge in [0.15, 0.2) is 0 Å². The van der Waals surface area contributed by atoms with E-state index in [0.29, 0.717) is 67.5 Å².